The summed E-state index contributed by atoms with van der Waals surface area (Å²) in [7, 11) is 3.68. The Morgan fingerprint density at radius 2 is 1.67 bits per heavy atom. The SMILES string of the molecule is C=C(Cc1ccc(OCCNCCF)cc1)N1CCc2cc(-c3cc(C(=O)N(C)c4ccc(O)cc4)c(C)n3C)c(C(=O)N3Cc4ccccc4CC3C)cc2C1. The van der Waals surface area contributed by atoms with Crippen LogP contribution < -0.4 is 15.0 Å². The first-order chi connectivity index (χ1) is 27.5. The van der Waals surface area contributed by atoms with Crippen molar-refractivity contribution in [2.24, 2.45) is 7.05 Å². The average molecular weight is 770 g/mol. The summed E-state index contributed by atoms with van der Waals surface area (Å²) in [5.74, 6) is 0.701. The number of halogens is 1. The topological polar surface area (TPSA) is 90.3 Å². The summed E-state index contributed by atoms with van der Waals surface area (Å²) >= 11 is 0. The second kappa shape index (κ2) is 17.1. The van der Waals surface area contributed by atoms with Crippen LogP contribution in [-0.2, 0) is 39.4 Å². The number of fused-ring (bicyclic) bond motifs is 2. The van der Waals surface area contributed by atoms with Gasteiger partial charge in [-0.3, -0.25) is 9.59 Å². The summed E-state index contributed by atoms with van der Waals surface area (Å²) < 4.78 is 20.1. The van der Waals surface area contributed by atoms with Gasteiger partial charge >= 0.3 is 0 Å². The van der Waals surface area contributed by atoms with E-state index in [4.69, 9.17) is 4.74 Å². The van der Waals surface area contributed by atoms with Crippen molar-refractivity contribution in [3.05, 3.63) is 148 Å². The molecule has 0 aliphatic carbocycles. The van der Waals surface area contributed by atoms with E-state index in [1.54, 1.807) is 36.2 Å². The fourth-order valence-electron chi connectivity index (χ4n) is 8.01. The van der Waals surface area contributed by atoms with Gasteiger partial charge in [-0.2, -0.15) is 0 Å². The fourth-order valence-corrected chi connectivity index (χ4v) is 8.01. The molecule has 296 valence electrons. The third-order valence-corrected chi connectivity index (χ3v) is 11.5. The molecule has 0 fully saturated rings. The van der Waals surface area contributed by atoms with E-state index < -0.39 is 6.67 Å². The van der Waals surface area contributed by atoms with Crippen molar-refractivity contribution in [2.45, 2.75) is 52.2 Å². The van der Waals surface area contributed by atoms with Crippen LogP contribution in [-0.4, -0.2) is 77.3 Å². The van der Waals surface area contributed by atoms with E-state index in [2.05, 4.69) is 66.2 Å². The number of benzene rings is 4. The first-order valence-electron chi connectivity index (χ1n) is 19.7. The van der Waals surface area contributed by atoms with Crippen LogP contribution >= 0.6 is 0 Å². The first kappa shape index (κ1) is 39.4. The molecule has 0 bridgehead atoms. The number of anilines is 1. The van der Waals surface area contributed by atoms with Crippen LogP contribution in [0, 0.1) is 6.92 Å². The van der Waals surface area contributed by atoms with Crippen LogP contribution in [0.4, 0.5) is 10.1 Å². The molecule has 7 rings (SSSR count). The number of phenols is 1. The summed E-state index contributed by atoms with van der Waals surface area (Å²) in [5, 5.41) is 12.8. The van der Waals surface area contributed by atoms with Crippen LogP contribution in [0.5, 0.6) is 11.5 Å². The normalized spacial score (nSPS) is 14.9. The van der Waals surface area contributed by atoms with Crippen LogP contribution in [0.2, 0.25) is 0 Å². The Hall–Kier alpha value is -5.87. The second-order valence-corrected chi connectivity index (χ2v) is 15.2. The summed E-state index contributed by atoms with van der Waals surface area (Å²) in [6.07, 6.45) is 2.25. The number of hydrogen-bond donors (Lipinski definition) is 2. The molecule has 0 saturated carbocycles. The Morgan fingerprint density at radius 3 is 2.40 bits per heavy atom. The molecule has 1 unspecified atom stereocenters. The average Bonchev–Trinajstić information content (AvgIpc) is 3.52. The number of rotatable bonds is 13. The van der Waals surface area contributed by atoms with Crippen molar-refractivity contribution in [1.82, 2.24) is 19.7 Å². The maximum absolute atomic E-state index is 14.9. The lowest BCUT2D eigenvalue weighted by Crippen LogP contribution is -2.43. The van der Waals surface area contributed by atoms with Crippen LogP contribution in [0.15, 0.2) is 103 Å². The number of nitrogens with one attached hydrogen (secondary N) is 1. The summed E-state index contributed by atoms with van der Waals surface area (Å²) in [6, 6.07) is 29.1. The Kier molecular flexibility index (Phi) is 11.8. The molecule has 0 radical (unpaired) electrons. The van der Waals surface area contributed by atoms with Gasteiger partial charge in [0.25, 0.3) is 11.8 Å². The zero-order valence-corrected chi connectivity index (χ0v) is 33.4. The van der Waals surface area contributed by atoms with E-state index >= 15 is 0 Å². The van der Waals surface area contributed by atoms with Crippen LogP contribution in [0.25, 0.3) is 11.3 Å². The lowest BCUT2D eigenvalue weighted by atomic mass is 9.89. The van der Waals surface area contributed by atoms with Gasteiger partial charge in [-0.25, -0.2) is 4.39 Å². The predicted molar refractivity (Wildman–Crippen MR) is 224 cm³/mol. The number of nitrogens with zero attached hydrogens (tertiary/aromatic N) is 4. The van der Waals surface area contributed by atoms with Gasteiger partial charge < -0.3 is 34.4 Å². The molecule has 1 aromatic heterocycles. The summed E-state index contributed by atoms with van der Waals surface area (Å²) in [4.78, 5) is 34.8. The van der Waals surface area contributed by atoms with Gasteiger partial charge in [-0.15, -0.1) is 0 Å². The minimum Gasteiger partial charge on any atom is -0.508 e. The molecule has 2 amide bonds. The number of aromatic nitrogens is 1. The summed E-state index contributed by atoms with van der Waals surface area (Å²) in [6.45, 7) is 11.5. The zero-order chi connectivity index (χ0) is 40.2. The molecule has 2 aliphatic rings. The highest BCUT2D eigenvalue weighted by Crippen LogP contribution is 2.36. The quantitative estimate of drug-likeness (QED) is 0.120. The molecule has 2 aliphatic heterocycles. The smallest absolute Gasteiger partial charge is 0.259 e. The van der Waals surface area contributed by atoms with Gasteiger partial charge in [0.2, 0.25) is 0 Å². The highest BCUT2D eigenvalue weighted by Gasteiger charge is 2.32. The maximum Gasteiger partial charge on any atom is 0.259 e. The molecule has 4 aromatic carbocycles. The van der Waals surface area contributed by atoms with Crippen molar-refractivity contribution in [3.8, 4) is 22.8 Å². The minimum atomic E-state index is -0.394. The number of carbonyl (C=O) groups is 2. The molecule has 10 heteroatoms. The molecule has 3 heterocycles. The Bertz CT molecular complexity index is 2260. The largest absolute Gasteiger partial charge is 0.508 e. The number of hydrogen-bond acceptors (Lipinski definition) is 6. The molecule has 9 nitrogen and oxygen atoms in total. The van der Waals surface area contributed by atoms with Gasteiger partial charge in [-0.05, 0) is 109 Å². The van der Waals surface area contributed by atoms with E-state index in [9.17, 15) is 19.1 Å². The van der Waals surface area contributed by atoms with E-state index in [1.165, 1.54) is 11.1 Å². The number of alkyl halides is 1. The van der Waals surface area contributed by atoms with Gasteiger partial charge in [0.1, 0.15) is 24.8 Å². The molecule has 0 saturated heterocycles. The van der Waals surface area contributed by atoms with Crippen molar-refractivity contribution in [1.29, 1.82) is 0 Å². The lowest BCUT2D eigenvalue weighted by Gasteiger charge is -2.36. The molecule has 2 N–H and O–H groups in total. The monoisotopic (exact) mass is 769 g/mol. The van der Waals surface area contributed by atoms with Gasteiger partial charge in [0.15, 0.2) is 0 Å². The summed E-state index contributed by atoms with van der Waals surface area (Å²) in [5.41, 5.74) is 11.1. The van der Waals surface area contributed by atoms with Gasteiger partial charge in [-0.1, -0.05) is 43.0 Å². The van der Waals surface area contributed by atoms with E-state index in [0.29, 0.717) is 56.0 Å². The van der Waals surface area contributed by atoms with Crippen molar-refractivity contribution in [3.63, 3.8) is 0 Å². The van der Waals surface area contributed by atoms with Crippen molar-refractivity contribution in [2.75, 3.05) is 44.9 Å². The molecule has 0 spiro atoms. The molecule has 5 aromatic rings. The number of phenolic OH excluding ortho intramolecular Hbond substituents is 1. The van der Waals surface area contributed by atoms with E-state index in [0.717, 1.165) is 64.5 Å². The first-order valence-corrected chi connectivity index (χ1v) is 19.7. The number of ether oxygens (including phenoxy) is 1. The molecule has 57 heavy (non-hydrogen) atoms. The van der Waals surface area contributed by atoms with E-state index in [1.807, 2.05) is 47.7 Å². The number of amides is 2. The van der Waals surface area contributed by atoms with Gasteiger partial charge in [0, 0.05) is 93.2 Å². The maximum atomic E-state index is 14.9. The second-order valence-electron chi connectivity index (χ2n) is 15.2. The molecule has 1 atom stereocenters. The zero-order valence-electron chi connectivity index (χ0n) is 33.4. The van der Waals surface area contributed by atoms with Crippen molar-refractivity contribution < 1.29 is 23.8 Å². The lowest BCUT2D eigenvalue weighted by molar-refractivity contribution is 0.0658. The highest BCUT2D eigenvalue weighted by atomic mass is 19.1. The van der Waals surface area contributed by atoms with Crippen molar-refractivity contribution >= 4 is 17.5 Å². The van der Waals surface area contributed by atoms with Gasteiger partial charge in [0.05, 0.1) is 5.56 Å². The standard InChI is InChI=1S/C47H52FN5O4/c1-31(24-34-10-16-41(17-11-34)57-23-21-49-20-19-48)52-22-18-36-26-43(45-28-42(33(3)50(45)4)46(55)51(5)39-12-14-40(54)15-13-39)44(27-38(36)29-52)47(56)53-30-37-9-7-6-8-35(37)25-32(53)2/h6-17,26-28,32,49,54H,1,18-25,29-30H2,2-5H3. The van der Waals surface area contributed by atoms with Crippen LogP contribution in [0.1, 0.15) is 61.2 Å². The Morgan fingerprint density at radius 1 is 0.930 bits per heavy atom. The third kappa shape index (κ3) is 8.46. The number of carbonyl (C=O) groups excluding carboxylic acids is 2. The number of allylic oxidation sites excluding steroid dienone is 1. The predicted octanol–water partition coefficient (Wildman–Crippen LogP) is 7.62. The number of aromatic hydroxyl groups is 1. The van der Waals surface area contributed by atoms with Crippen LogP contribution in [0.3, 0.4) is 0 Å². The van der Waals surface area contributed by atoms with E-state index in [-0.39, 0.29) is 23.6 Å². The molecular formula is C47H52FN5O4. The Labute approximate surface area is 335 Å². The third-order valence-electron chi connectivity index (χ3n) is 11.5. The molecular weight excluding hydrogens is 718 g/mol. The highest BCUT2D eigenvalue weighted by molar-refractivity contribution is 6.08. The minimum absolute atomic E-state index is 0.00798. The Balaban J connectivity index is 1.17. The fraction of sp³-hybridized carbons (Fsp3) is 0.319.